The zero-order valence-electron chi connectivity index (χ0n) is 15.5. The maximum Gasteiger partial charge on any atom is 0.277 e. The number of aromatic nitrogens is 3. The van der Waals surface area contributed by atoms with Gasteiger partial charge in [0.25, 0.3) is 5.22 Å². The van der Waals surface area contributed by atoms with Gasteiger partial charge in [-0.3, -0.25) is 4.79 Å². The van der Waals surface area contributed by atoms with Crippen molar-refractivity contribution in [2.45, 2.75) is 37.3 Å². The molecule has 146 valence electrons. The van der Waals surface area contributed by atoms with Crippen molar-refractivity contribution in [2.24, 2.45) is 0 Å². The fraction of sp³-hybridized carbons (Fsp3) is 0.368. The van der Waals surface area contributed by atoms with Gasteiger partial charge in [0.1, 0.15) is 10.8 Å². The fourth-order valence-electron chi connectivity index (χ4n) is 2.90. The minimum Gasteiger partial charge on any atom is -0.494 e. The van der Waals surface area contributed by atoms with Crippen molar-refractivity contribution < 1.29 is 13.9 Å². The van der Waals surface area contributed by atoms with Crippen LogP contribution >= 0.6 is 23.1 Å². The first-order valence-corrected chi connectivity index (χ1v) is 11.0. The van der Waals surface area contributed by atoms with Gasteiger partial charge in [0.15, 0.2) is 0 Å². The predicted octanol–water partition coefficient (Wildman–Crippen LogP) is 4.01. The second-order valence-electron chi connectivity index (χ2n) is 6.27. The molecule has 0 radical (unpaired) electrons. The second kappa shape index (κ2) is 8.74. The van der Waals surface area contributed by atoms with Gasteiger partial charge in [-0.1, -0.05) is 11.8 Å². The standard InChI is InChI=1S/C19H20N4O3S2/c1-2-25-15-7-5-13(6-8-15)18-20-14(11-27-18)12-28-19-22-21-16(26-19)10-23-9-3-4-17(23)24/h5-8,11H,2-4,9-10,12H2,1H3. The summed E-state index contributed by atoms with van der Waals surface area (Å²) in [6.45, 7) is 3.78. The van der Waals surface area contributed by atoms with Crippen molar-refractivity contribution in [1.29, 1.82) is 0 Å². The van der Waals surface area contributed by atoms with Gasteiger partial charge in [0.05, 0.1) is 18.8 Å². The number of hydrogen-bond acceptors (Lipinski definition) is 8. The first-order chi connectivity index (χ1) is 13.7. The number of thioether (sulfide) groups is 1. The van der Waals surface area contributed by atoms with Crippen LogP contribution in [0.3, 0.4) is 0 Å². The molecule has 0 saturated carbocycles. The third-order valence-corrected chi connectivity index (χ3v) is 6.05. The van der Waals surface area contributed by atoms with Crippen LogP contribution in [0, 0.1) is 0 Å². The number of amides is 1. The van der Waals surface area contributed by atoms with Crippen molar-refractivity contribution in [3.05, 3.63) is 41.2 Å². The summed E-state index contributed by atoms with van der Waals surface area (Å²) in [7, 11) is 0. The lowest BCUT2D eigenvalue weighted by molar-refractivity contribution is -0.128. The molecule has 3 aromatic rings. The van der Waals surface area contributed by atoms with E-state index in [1.807, 2.05) is 36.6 Å². The maximum absolute atomic E-state index is 11.7. The van der Waals surface area contributed by atoms with E-state index in [9.17, 15) is 4.79 Å². The van der Waals surface area contributed by atoms with E-state index in [0.717, 1.165) is 35.0 Å². The van der Waals surface area contributed by atoms with Gasteiger partial charge in [-0.25, -0.2) is 4.98 Å². The van der Waals surface area contributed by atoms with E-state index < -0.39 is 0 Å². The topological polar surface area (TPSA) is 81.4 Å². The molecule has 3 heterocycles. The lowest BCUT2D eigenvalue weighted by Crippen LogP contribution is -2.23. The summed E-state index contributed by atoms with van der Waals surface area (Å²) in [6, 6.07) is 7.95. The van der Waals surface area contributed by atoms with Crippen molar-refractivity contribution in [1.82, 2.24) is 20.1 Å². The molecule has 2 aromatic heterocycles. The Morgan fingerprint density at radius 2 is 2.14 bits per heavy atom. The largest absolute Gasteiger partial charge is 0.494 e. The number of thiazole rings is 1. The predicted molar refractivity (Wildman–Crippen MR) is 107 cm³/mol. The van der Waals surface area contributed by atoms with Gasteiger partial charge < -0.3 is 14.1 Å². The molecule has 7 nitrogen and oxygen atoms in total. The third kappa shape index (κ3) is 4.53. The summed E-state index contributed by atoms with van der Waals surface area (Å²) < 4.78 is 11.1. The van der Waals surface area contributed by atoms with Crippen molar-refractivity contribution in [3.8, 4) is 16.3 Å². The highest BCUT2D eigenvalue weighted by molar-refractivity contribution is 7.98. The molecule has 9 heteroatoms. The summed E-state index contributed by atoms with van der Waals surface area (Å²) in [5.41, 5.74) is 2.04. The smallest absolute Gasteiger partial charge is 0.277 e. The van der Waals surface area contributed by atoms with Gasteiger partial charge in [-0.15, -0.1) is 21.5 Å². The number of hydrogen-bond donors (Lipinski definition) is 0. The molecule has 0 unspecified atom stereocenters. The lowest BCUT2D eigenvalue weighted by atomic mass is 10.2. The molecular weight excluding hydrogens is 396 g/mol. The molecule has 1 aliphatic rings. The van der Waals surface area contributed by atoms with E-state index in [4.69, 9.17) is 9.15 Å². The molecule has 1 amide bonds. The number of ether oxygens (including phenoxy) is 1. The Balaban J connectivity index is 1.32. The Morgan fingerprint density at radius 3 is 2.89 bits per heavy atom. The summed E-state index contributed by atoms with van der Waals surface area (Å²) in [4.78, 5) is 18.1. The molecule has 1 aromatic carbocycles. The average Bonchev–Trinajstić information content (AvgIpc) is 3.44. The summed E-state index contributed by atoms with van der Waals surface area (Å²) in [5.74, 6) is 2.14. The molecule has 4 rings (SSSR count). The molecule has 1 saturated heterocycles. The number of carbonyl (C=O) groups is 1. The molecule has 1 aliphatic heterocycles. The first kappa shape index (κ1) is 18.9. The number of carbonyl (C=O) groups excluding carboxylic acids is 1. The van der Waals surface area contributed by atoms with E-state index in [1.54, 1.807) is 16.2 Å². The van der Waals surface area contributed by atoms with Crippen LogP contribution in [0.15, 0.2) is 39.3 Å². The summed E-state index contributed by atoms with van der Waals surface area (Å²) in [5, 5.41) is 11.6. The average molecular weight is 417 g/mol. The Bertz CT molecular complexity index is 939. The summed E-state index contributed by atoms with van der Waals surface area (Å²) >= 11 is 3.06. The summed E-state index contributed by atoms with van der Waals surface area (Å²) in [6.07, 6.45) is 1.51. The van der Waals surface area contributed by atoms with Crippen molar-refractivity contribution in [2.75, 3.05) is 13.2 Å². The minimum absolute atomic E-state index is 0.150. The van der Waals surface area contributed by atoms with Gasteiger partial charge in [-0.05, 0) is 37.6 Å². The molecule has 0 N–H and O–H groups in total. The Morgan fingerprint density at radius 1 is 1.29 bits per heavy atom. The number of nitrogens with zero attached hydrogens (tertiary/aromatic N) is 4. The van der Waals surface area contributed by atoms with Crippen LogP contribution in [0.5, 0.6) is 5.75 Å². The Labute approximate surface area is 171 Å². The molecule has 0 atom stereocenters. The van der Waals surface area contributed by atoms with Crippen LogP contribution in [-0.4, -0.2) is 39.1 Å². The minimum atomic E-state index is 0.150. The maximum atomic E-state index is 11.7. The van der Waals surface area contributed by atoms with Crippen LogP contribution in [0.4, 0.5) is 0 Å². The SMILES string of the molecule is CCOc1ccc(-c2nc(CSc3nnc(CN4CCCC4=O)o3)cs2)cc1. The van der Waals surface area contributed by atoms with Gasteiger partial charge >= 0.3 is 0 Å². The highest BCUT2D eigenvalue weighted by Crippen LogP contribution is 2.29. The number of rotatable bonds is 8. The Hall–Kier alpha value is -2.39. The lowest BCUT2D eigenvalue weighted by Gasteiger charge is -2.11. The van der Waals surface area contributed by atoms with E-state index in [-0.39, 0.29) is 5.91 Å². The van der Waals surface area contributed by atoms with E-state index >= 15 is 0 Å². The molecule has 0 bridgehead atoms. The zero-order chi connectivity index (χ0) is 19.3. The molecule has 0 aliphatic carbocycles. The molecule has 0 spiro atoms. The second-order valence-corrected chi connectivity index (χ2v) is 8.06. The molecule has 28 heavy (non-hydrogen) atoms. The van der Waals surface area contributed by atoms with E-state index in [2.05, 4.69) is 15.2 Å². The Kier molecular flexibility index (Phi) is 5.92. The number of likely N-dealkylation sites (tertiary alicyclic amines) is 1. The van der Waals surface area contributed by atoms with Crippen molar-refractivity contribution in [3.63, 3.8) is 0 Å². The van der Waals surface area contributed by atoms with Crippen LogP contribution in [-0.2, 0) is 17.1 Å². The van der Waals surface area contributed by atoms with Gasteiger partial charge in [-0.2, -0.15) is 0 Å². The number of benzene rings is 1. The molecule has 1 fully saturated rings. The van der Waals surface area contributed by atoms with E-state index in [1.165, 1.54) is 11.8 Å². The van der Waals surface area contributed by atoms with Crippen molar-refractivity contribution >= 4 is 29.0 Å². The van der Waals surface area contributed by atoms with Gasteiger partial charge in [0, 0.05) is 29.7 Å². The van der Waals surface area contributed by atoms with Gasteiger partial charge in [0.2, 0.25) is 11.8 Å². The van der Waals surface area contributed by atoms with Crippen LogP contribution < -0.4 is 4.74 Å². The normalized spacial score (nSPS) is 14.0. The van der Waals surface area contributed by atoms with E-state index in [0.29, 0.717) is 36.4 Å². The van der Waals surface area contributed by atoms with Crippen LogP contribution in [0.2, 0.25) is 0 Å². The fourth-order valence-corrected chi connectivity index (χ4v) is 4.50. The highest BCUT2D eigenvalue weighted by atomic mass is 32.2. The first-order valence-electron chi connectivity index (χ1n) is 9.12. The quantitative estimate of drug-likeness (QED) is 0.513. The molecular formula is C19H20N4O3S2. The van der Waals surface area contributed by atoms with Crippen LogP contribution in [0.25, 0.3) is 10.6 Å². The monoisotopic (exact) mass is 416 g/mol. The third-order valence-electron chi connectivity index (χ3n) is 4.25. The zero-order valence-corrected chi connectivity index (χ0v) is 17.1. The highest BCUT2D eigenvalue weighted by Gasteiger charge is 2.22. The van der Waals surface area contributed by atoms with Crippen LogP contribution in [0.1, 0.15) is 31.4 Å².